The van der Waals surface area contributed by atoms with E-state index in [2.05, 4.69) is 4.52 Å². The zero-order valence-electron chi connectivity index (χ0n) is 8.13. The van der Waals surface area contributed by atoms with Crippen molar-refractivity contribution >= 4 is 13.8 Å². The van der Waals surface area contributed by atoms with E-state index in [1.165, 1.54) is 0 Å². The van der Waals surface area contributed by atoms with Gasteiger partial charge in [-0.05, 0) is 0 Å². The van der Waals surface area contributed by atoms with Crippen molar-refractivity contribution in [2.24, 2.45) is 0 Å². The molecular weight excluding hydrogens is 248 g/mol. The quantitative estimate of drug-likeness (QED) is 0.388. The van der Waals surface area contributed by atoms with Gasteiger partial charge in [-0.15, -0.1) is 6.61 Å². The molecule has 0 spiro atoms. The number of carboxylic acids is 1. The van der Waals surface area contributed by atoms with E-state index in [0.29, 0.717) is 0 Å². The third kappa shape index (κ3) is 14.5. The summed E-state index contributed by atoms with van der Waals surface area (Å²) in [6, 6.07) is 0. The maximum absolute atomic E-state index is 9.88. The standard InChI is InChI=1S/C3H6O7P.3Na/c4-1-2(3(5)6)10-11(7,8)9;;;/h2H,1H2,(H,5,6)(H2,7,8,9);;;/q-1;3*+1/p-2/t2-;;;/m1.../s1. The summed E-state index contributed by atoms with van der Waals surface area (Å²) in [5.74, 6) is -1.77. The van der Waals surface area contributed by atoms with Crippen LogP contribution in [0.25, 0.3) is 0 Å². The average Bonchev–Trinajstić information content (AvgIpc) is 1.80. The molecule has 14 heavy (non-hydrogen) atoms. The van der Waals surface area contributed by atoms with E-state index in [0.717, 1.165) is 0 Å². The van der Waals surface area contributed by atoms with Crippen LogP contribution in [0.2, 0.25) is 0 Å². The largest absolute Gasteiger partial charge is 1.00 e. The van der Waals surface area contributed by atoms with Crippen molar-refractivity contribution < 1.29 is 123 Å². The van der Waals surface area contributed by atoms with Crippen LogP contribution in [0.15, 0.2) is 0 Å². The van der Waals surface area contributed by atoms with Gasteiger partial charge in [-0.25, -0.2) is 4.79 Å². The van der Waals surface area contributed by atoms with Crippen LogP contribution in [0.1, 0.15) is 0 Å². The summed E-state index contributed by atoms with van der Waals surface area (Å²) in [7, 11) is -5.37. The van der Waals surface area contributed by atoms with Crippen molar-refractivity contribution in [3.63, 3.8) is 0 Å². The first-order valence-electron chi connectivity index (χ1n) is 2.38. The van der Waals surface area contributed by atoms with Gasteiger partial charge < -0.3 is 29.1 Å². The molecule has 0 saturated carbocycles. The third-order valence-electron chi connectivity index (χ3n) is 0.683. The number of hydrogen-bond acceptors (Lipinski definition) is 6. The summed E-state index contributed by atoms with van der Waals surface area (Å²) in [5, 5.41) is 17.9. The Labute approximate surface area is 147 Å². The van der Waals surface area contributed by atoms with E-state index in [-0.39, 0.29) is 88.7 Å². The first kappa shape index (κ1) is 25.4. The van der Waals surface area contributed by atoms with Gasteiger partial charge in [-0.3, -0.25) is 0 Å². The monoisotopic (exact) mass is 252 g/mol. The maximum Gasteiger partial charge on any atom is 1.00 e. The van der Waals surface area contributed by atoms with Gasteiger partial charge in [-0.1, -0.05) is 0 Å². The minimum absolute atomic E-state index is 0. The van der Waals surface area contributed by atoms with E-state index >= 15 is 0 Å². The number of rotatable bonds is 4. The Kier molecular flexibility index (Phi) is 21.8. The van der Waals surface area contributed by atoms with Crippen LogP contribution < -0.4 is 104 Å². The number of hydrogen-bond donors (Lipinski definition) is 1. The molecule has 0 rings (SSSR count). The smallest absolute Gasteiger partial charge is 0.852 e. The van der Waals surface area contributed by atoms with Gasteiger partial charge in [0.25, 0.3) is 0 Å². The van der Waals surface area contributed by atoms with Crippen molar-refractivity contribution in [2.45, 2.75) is 6.10 Å². The Morgan fingerprint density at radius 1 is 1.36 bits per heavy atom. The van der Waals surface area contributed by atoms with Gasteiger partial charge in [0.1, 0.15) is 6.10 Å². The molecule has 0 bridgehead atoms. The van der Waals surface area contributed by atoms with Crippen molar-refractivity contribution in [3.8, 4) is 0 Å². The number of aliphatic carboxylic acids is 1. The molecule has 0 unspecified atom stereocenters. The maximum atomic E-state index is 9.88. The molecule has 0 aliphatic heterocycles. The number of carbonyl (C=O) groups is 1. The Balaban J connectivity index is -0.000000167. The van der Waals surface area contributed by atoms with Gasteiger partial charge in [0.05, 0.1) is 7.82 Å². The fourth-order valence-electron chi connectivity index (χ4n) is 0.303. The number of carboxylic acid groups (broad SMARTS) is 1. The van der Waals surface area contributed by atoms with Crippen molar-refractivity contribution in [3.05, 3.63) is 0 Å². The summed E-state index contributed by atoms with van der Waals surface area (Å²) < 4.78 is 13.1. The van der Waals surface area contributed by atoms with Gasteiger partial charge in [0.15, 0.2) is 0 Å². The number of phosphoric ester groups is 1. The van der Waals surface area contributed by atoms with Crippen molar-refractivity contribution in [1.82, 2.24) is 0 Å². The predicted molar refractivity (Wildman–Crippen MR) is 25.0 cm³/mol. The average molecular weight is 252 g/mol. The molecule has 1 atom stereocenters. The molecular formula is C3H4Na3O7P. The zero-order valence-corrected chi connectivity index (χ0v) is 15.0. The summed E-state index contributed by atoms with van der Waals surface area (Å²) >= 11 is 0. The second-order valence-electron chi connectivity index (χ2n) is 1.55. The Morgan fingerprint density at radius 2 is 1.71 bits per heavy atom. The second-order valence-corrected chi connectivity index (χ2v) is 2.65. The molecule has 66 valence electrons. The minimum atomic E-state index is -5.37. The Hall–Kier alpha value is 2.54. The topological polar surface area (TPSA) is 133 Å². The molecule has 0 aromatic rings. The van der Waals surface area contributed by atoms with E-state index < -0.39 is 26.5 Å². The third-order valence-corrected chi connectivity index (χ3v) is 1.20. The molecule has 0 saturated heterocycles. The Bertz CT molecular complexity index is 193. The molecule has 0 heterocycles. The van der Waals surface area contributed by atoms with Crippen LogP contribution in [0.5, 0.6) is 0 Å². The van der Waals surface area contributed by atoms with Gasteiger partial charge >= 0.3 is 94.6 Å². The van der Waals surface area contributed by atoms with Crippen molar-refractivity contribution in [2.75, 3.05) is 6.61 Å². The number of phosphoric acid groups is 1. The van der Waals surface area contributed by atoms with E-state index in [1.807, 2.05) is 0 Å². The van der Waals surface area contributed by atoms with Crippen LogP contribution in [-0.4, -0.2) is 23.8 Å². The van der Waals surface area contributed by atoms with Gasteiger partial charge in [-0.2, -0.15) is 0 Å². The van der Waals surface area contributed by atoms with Crippen LogP contribution in [0.3, 0.4) is 0 Å². The molecule has 0 radical (unpaired) electrons. The summed E-state index contributed by atoms with van der Waals surface area (Å²) in [5.41, 5.74) is 0. The Morgan fingerprint density at radius 3 is 1.79 bits per heavy atom. The first-order chi connectivity index (χ1) is 4.87. The molecule has 7 nitrogen and oxygen atoms in total. The molecule has 1 N–H and O–H groups in total. The zero-order chi connectivity index (χ0) is 9.07. The van der Waals surface area contributed by atoms with E-state index in [1.54, 1.807) is 0 Å². The summed E-state index contributed by atoms with van der Waals surface area (Å²) in [6.45, 7) is -1.32. The fraction of sp³-hybridized carbons (Fsp3) is 0.667. The second kappa shape index (κ2) is 12.0. The fourth-order valence-corrected chi connectivity index (χ4v) is 0.765. The molecule has 0 fully saturated rings. The minimum Gasteiger partial charge on any atom is -0.852 e. The molecule has 0 aliphatic rings. The first-order valence-corrected chi connectivity index (χ1v) is 3.84. The summed E-state index contributed by atoms with van der Waals surface area (Å²) in [6.07, 6.45) is -2.11. The van der Waals surface area contributed by atoms with Crippen molar-refractivity contribution in [1.29, 1.82) is 0 Å². The predicted octanol–water partition coefficient (Wildman–Crippen LogP) is -12.3. The SMILES string of the molecule is O=C(O)[C@@H](C[O-])OP(=O)([O-])[O-].[Na+].[Na+].[Na+]. The van der Waals surface area contributed by atoms with Gasteiger partial charge in [0, 0.05) is 0 Å². The van der Waals surface area contributed by atoms with E-state index in [9.17, 15) is 24.3 Å². The molecule has 0 aliphatic carbocycles. The van der Waals surface area contributed by atoms with Crippen LogP contribution >= 0.6 is 7.82 Å². The van der Waals surface area contributed by atoms with Crippen LogP contribution in [0.4, 0.5) is 0 Å². The van der Waals surface area contributed by atoms with E-state index in [4.69, 9.17) is 5.11 Å². The van der Waals surface area contributed by atoms with Crippen LogP contribution in [-0.2, 0) is 13.9 Å². The summed E-state index contributed by atoms with van der Waals surface area (Å²) in [4.78, 5) is 29.4. The molecule has 0 amide bonds. The normalized spacial score (nSPS) is 11.4. The van der Waals surface area contributed by atoms with Crippen LogP contribution in [0, 0.1) is 0 Å². The molecule has 11 heteroatoms. The molecule has 0 aromatic carbocycles. The molecule has 0 aromatic heterocycles. The van der Waals surface area contributed by atoms with Gasteiger partial charge in [0.2, 0.25) is 0 Å².